The highest BCUT2D eigenvalue weighted by Gasteiger charge is 2.35. The van der Waals surface area contributed by atoms with E-state index in [4.69, 9.17) is 0 Å². The van der Waals surface area contributed by atoms with Gasteiger partial charge in [-0.1, -0.05) is 50.8 Å². The molecule has 2 aliphatic carbocycles. The van der Waals surface area contributed by atoms with Gasteiger partial charge in [-0.3, -0.25) is 38.5 Å². The maximum atomic E-state index is 13.8. The van der Waals surface area contributed by atoms with Crippen LogP contribution in [0.1, 0.15) is 92.5 Å². The first-order valence-corrected chi connectivity index (χ1v) is 17.7. The molecule has 0 aliphatic heterocycles. The lowest BCUT2D eigenvalue weighted by Crippen LogP contribution is -2.59. The van der Waals surface area contributed by atoms with Crippen molar-refractivity contribution in [1.29, 1.82) is 0 Å². The second kappa shape index (κ2) is 19.3. The van der Waals surface area contributed by atoms with E-state index < -0.39 is 60.0 Å². The van der Waals surface area contributed by atoms with E-state index in [9.17, 15) is 33.6 Å². The molecular weight excluding hydrogens is 656 g/mol. The van der Waals surface area contributed by atoms with Crippen molar-refractivity contribution < 1.29 is 33.6 Å². The summed E-state index contributed by atoms with van der Waals surface area (Å²) in [4.78, 5) is 102. The SMILES string of the molecule is CCCC(NC(=O)[C@H](CN(CC)C(=O)c1ccccc1)NC(=O)CNC(=O)C(NC(=O)c1cnccn1)C1CCCCC1)C(=O)C(=O)NC1CC1. The van der Waals surface area contributed by atoms with Gasteiger partial charge in [-0.25, -0.2) is 4.98 Å². The van der Waals surface area contributed by atoms with Crippen molar-refractivity contribution in [3.63, 3.8) is 0 Å². The number of rotatable bonds is 18. The Labute approximate surface area is 297 Å². The van der Waals surface area contributed by atoms with Crippen molar-refractivity contribution in [2.24, 2.45) is 5.92 Å². The molecule has 6 amide bonds. The smallest absolute Gasteiger partial charge is 0.289 e. The minimum atomic E-state index is -1.34. The first kappa shape index (κ1) is 38.6. The number of nitrogens with one attached hydrogen (secondary N) is 5. The number of likely N-dealkylation sites (N-methyl/N-ethyl adjacent to an activating group) is 1. The van der Waals surface area contributed by atoms with Crippen molar-refractivity contribution >= 4 is 41.2 Å². The number of Topliss-reactive ketones (excluding diaryl/α,β-unsaturated/α-hetero) is 1. The summed E-state index contributed by atoms with van der Waals surface area (Å²) in [6.07, 6.45) is 10.6. The maximum absolute atomic E-state index is 13.8. The fraction of sp³-hybridized carbons (Fsp3) is 0.528. The summed E-state index contributed by atoms with van der Waals surface area (Å²) >= 11 is 0. The molecule has 1 aromatic carbocycles. The Bertz CT molecular complexity index is 1530. The minimum Gasteiger partial charge on any atom is -0.347 e. The van der Waals surface area contributed by atoms with Crippen LogP contribution in [0.2, 0.25) is 0 Å². The largest absolute Gasteiger partial charge is 0.347 e. The fourth-order valence-electron chi connectivity index (χ4n) is 6.02. The molecule has 0 radical (unpaired) electrons. The van der Waals surface area contributed by atoms with E-state index in [1.165, 1.54) is 23.5 Å². The Morgan fingerprint density at radius 1 is 0.843 bits per heavy atom. The van der Waals surface area contributed by atoms with E-state index in [1.54, 1.807) is 44.2 Å². The zero-order valence-electron chi connectivity index (χ0n) is 29.2. The molecule has 0 saturated heterocycles. The third kappa shape index (κ3) is 11.7. The average Bonchev–Trinajstić information content (AvgIpc) is 3.98. The van der Waals surface area contributed by atoms with Gasteiger partial charge >= 0.3 is 0 Å². The molecule has 5 N–H and O–H groups in total. The molecule has 2 aliphatic rings. The van der Waals surface area contributed by atoms with Crippen LogP contribution >= 0.6 is 0 Å². The van der Waals surface area contributed by atoms with Crippen LogP contribution in [0.15, 0.2) is 48.9 Å². The van der Waals surface area contributed by atoms with E-state index in [0.29, 0.717) is 24.8 Å². The van der Waals surface area contributed by atoms with Crippen LogP contribution in [0, 0.1) is 5.92 Å². The molecule has 0 bridgehead atoms. The summed E-state index contributed by atoms with van der Waals surface area (Å²) < 4.78 is 0. The lowest BCUT2D eigenvalue weighted by atomic mass is 9.83. The molecule has 3 atom stereocenters. The van der Waals surface area contributed by atoms with E-state index in [1.807, 2.05) is 0 Å². The van der Waals surface area contributed by atoms with Gasteiger partial charge < -0.3 is 31.5 Å². The number of aromatic nitrogens is 2. The molecule has 2 aromatic rings. The summed E-state index contributed by atoms with van der Waals surface area (Å²) in [7, 11) is 0. The van der Waals surface area contributed by atoms with Crippen molar-refractivity contribution in [2.75, 3.05) is 19.6 Å². The number of hydrogen-bond donors (Lipinski definition) is 5. The predicted molar refractivity (Wildman–Crippen MR) is 186 cm³/mol. The molecule has 1 heterocycles. The molecule has 4 rings (SSSR count). The molecule has 1 aromatic heterocycles. The first-order chi connectivity index (χ1) is 24.6. The molecular formula is C36H48N8O7. The third-order valence-corrected chi connectivity index (χ3v) is 9.00. The van der Waals surface area contributed by atoms with Crippen molar-refractivity contribution in [3.05, 3.63) is 60.2 Å². The van der Waals surface area contributed by atoms with Gasteiger partial charge in [0.25, 0.3) is 17.7 Å². The monoisotopic (exact) mass is 704 g/mol. The van der Waals surface area contributed by atoms with E-state index >= 15 is 0 Å². The molecule has 0 spiro atoms. The Balaban J connectivity index is 1.47. The lowest BCUT2D eigenvalue weighted by molar-refractivity contribution is -0.140. The second-order valence-corrected chi connectivity index (χ2v) is 12.9. The van der Waals surface area contributed by atoms with Crippen LogP contribution in [0.5, 0.6) is 0 Å². The minimum absolute atomic E-state index is 0.0492. The van der Waals surface area contributed by atoms with Gasteiger partial charge in [0, 0.05) is 30.5 Å². The number of amides is 6. The van der Waals surface area contributed by atoms with Crippen LogP contribution in [0.3, 0.4) is 0 Å². The lowest BCUT2D eigenvalue weighted by Gasteiger charge is -2.30. The molecule has 51 heavy (non-hydrogen) atoms. The van der Waals surface area contributed by atoms with Gasteiger partial charge in [-0.05, 0) is 57.1 Å². The van der Waals surface area contributed by atoms with Crippen molar-refractivity contribution in [1.82, 2.24) is 41.5 Å². The standard InChI is InChI=1S/C36H48N8O7/c1-3-11-26(31(46)35(50)40-25-16-17-25)42-33(48)28(22-44(4-2)36(51)24-14-9-6-10-15-24)41-29(45)21-39-34(49)30(23-12-7-5-8-13-23)43-32(47)27-20-37-18-19-38-27/h6,9-10,14-15,18-20,23,25-26,28,30H,3-5,7-8,11-13,16-17,21-22H2,1-2H3,(H,39,49)(H,40,50)(H,41,45)(H,42,48)(H,43,47)/t26?,28-,30?/m0/s1. The Kier molecular flexibility index (Phi) is 14.6. The normalized spacial score (nSPS) is 16.0. The van der Waals surface area contributed by atoms with E-state index in [-0.39, 0.29) is 43.1 Å². The Hall–Kier alpha value is -5.21. The summed E-state index contributed by atoms with van der Waals surface area (Å²) in [5.41, 5.74) is 0.429. The average molecular weight is 705 g/mol. The molecule has 2 saturated carbocycles. The fourth-order valence-corrected chi connectivity index (χ4v) is 6.02. The van der Waals surface area contributed by atoms with Crippen molar-refractivity contribution in [2.45, 2.75) is 95.8 Å². The van der Waals surface area contributed by atoms with Crippen LogP contribution in [0.4, 0.5) is 0 Å². The number of carbonyl (C=O) groups excluding carboxylic acids is 7. The van der Waals surface area contributed by atoms with Crippen LogP contribution in [-0.4, -0.2) is 99.9 Å². The first-order valence-electron chi connectivity index (χ1n) is 17.7. The van der Waals surface area contributed by atoms with E-state index in [0.717, 1.165) is 32.1 Å². The van der Waals surface area contributed by atoms with Gasteiger partial charge in [-0.2, -0.15) is 0 Å². The zero-order valence-corrected chi connectivity index (χ0v) is 29.2. The number of carbonyl (C=O) groups is 7. The molecule has 2 unspecified atom stereocenters. The summed E-state index contributed by atoms with van der Waals surface area (Å²) in [6.45, 7) is 2.94. The Morgan fingerprint density at radius 2 is 1.57 bits per heavy atom. The second-order valence-electron chi connectivity index (χ2n) is 12.9. The number of hydrogen-bond acceptors (Lipinski definition) is 9. The molecule has 274 valence electrons. The Morgan fingerprint density at radius 3 is 2.20 bits per heavy atom. The molecule has 15 nitrogen and oxygen atoms in total. The van der Waals surface area contributed by atoms with Gasteiger partial charge in [0.15, 0.2) is 0 Å². The zero-order chi connectivity index (χ0) is 36.8. The highest BCUT2D eigenvalue weighted by atomic mass is 16.2. The third-order valence-electron chi connectivity index (χ3n) is 9.00. The molecule has 15 heteroatoms. The number of ketones is 1. The highest BCUT2D eigenvalue weighted by Crippen LogP contribution is 2.27. The van der Waals surface area contributed by atoms with Gasteiger partial charge in [0.2, 0.25) is 23.5 Å². The predicted octanol–water partition coefficient (Wildman–Crippen LogP) is 1.05. The quantitative estimate of drug-likeness (QED) is 0.140. The topological polar surface area (TPSA) is 209 Å². The van der Waals surface area contributed by atoms with Gasteiger partial charge in [-0.15, -0.1) is 0 Å². The summed E-state index contributed by atoms with van der Waals surface area (Å²) in [6, 6.07) is 4.97. The summed E-state index contributed by atoms with van der Waals surface area (Å²) in [5.74, 6) is -4.76. The highest BCUT2D eigenvalue weighted by molar-refractivity contribution is 6.38. The van der Waals surface area contributed by atoms with Gasteiger partial charge in [0.1, 0.15) is 17.8 Å². The van der Waals surface area contributed by atoms with Crippen LogP contribution in [0.25, 0.3) is 0 Å². The molecule has 2 fully saturated rings. The van der Waals surface area contributed by atoms with Crippen molar-refractivity contribution in [3.8, 4) is 0 Å². The van der Waals surface area contributed by atoms with Crippen LogP contribution < -0.4 is 26.6 Å². The number of benzene rings is 1. The van der Waals surface area contributed by atoms with Crippen LogP contribution in [-0.2, 0) is 24.0 Å². The summed E-state index contributed by atoms with van der Waals surface area (Å²) in [5, 5.41) is 13.2. The number of nitrogens with zero attached hydrogens (tertiary/aromatic N) is 3. The van der Waals surface area contributed by atoms with E-state index in [2.05, 4.69) is 36.6 Å². The van der Waals surface area contributed by atoms with Gasteiger partial charge in [0.05, 0.1) is 25.3 Å². The maximum Gasteiger partial charge on any atom is 0.289 e.